The van der Waals surface area contributed by atoms with E-state index in [9.17, 15) is 9.59 Å². The van der Waals surface area contributed by atoms with Crippen molar-refractivity contribution in [1.29, 1.82) is 5.26 Å². The second kappa shape index (κ2) is 8.44. The fourth-order valence-electron chi connectivity index (χ4n) is 1.69. The molecule has 0 aliphatic rings. The normalized spacial score (nSPS) is 12.1. The molecule has 0 fully saturated rings. The minimum Gasteiger partial charge on any atom is -0.481 e. The number of ether oxygens (including phenoxy) is 1. The average molecular weight is 336 g/mol. The van der Waals surface area contributed by atoms with Crippen LogP contribution in [0, 0.1) is 11.3 Å². The van der Waals surface area contributed by atoms with Gasteiger partial charge in [0.1, 0.15) is 5.60 Å². The number of amides is 1. The first-order valence-corrected chi connectivity index (χ1v) is 8.07. The van der Waals surface area contributed by atoms with Gasteiger partial charge >= 0.3 is 12.1 Å². The van der Waals surface area contributed by atoms with Crippen LogP contribution in [0.3, 0.4) is 0 Å². The van der Waals surface area contributed by atoms with E-state index in [1.807, 2.05) is 6.07 Å². The molecule has 7 heteroatoms. The van der Waals surface area contributed by atoms with Crippen LogP contribution < -0.4 is 5.32 Å². The van der Waals surface area contributed by atoms with Crippen LogP contribution in [0.2, 0.25) is 0 Å². The maximum absolute atomic E-state index is 11.8. The molecule has 0 saturated heterocycles. The number of benzene rings is 1. The average Bonchev–Trinajstić information content (AvgIpc) is 2.42. The van der Waals surface area contributed by atoms with E-state index in [0.717, 1.165) is 5.56 Å². The molecule has 0 aliphatic heterocycles. The van der Waals surface area contributed by atoms with Crippen LogP contribution in [0.4, 0.5) is 4.79 Å². The van der Waals surface area contributed by atoms with Crippen molar-refractivity contribution < 1.29 is 19.4 Å². The van der Waals surface area contributed by atoms with Gasteiger partial charge in [0.25, 0.3) is 0 Å². The van der Waals surface area contributed by atoms with E-state index in [2.05, 4.69) is 11.4 Å². The zero-order chi connectivity index (χ0) is 17.5. The predicted octanol–water partition coefficient (Wildman–Crippen LogP) is 3.12. The van der Waals surface area contributed by atoms with Crippen molar-refractivity contribution in [3.05, 3.63) is 35.4 Å². The van der Waals surface area contributed by atoms with Gasteiger partial charge in [-0.15, -0.1) is 11.8 Å². The van der Waals surface area contributed by atoms with E-state index in [0.29, 0.717) is 11.3 Å². The van der Waals surface area contributed by atoms with Crippen LogP contribution in [0.25, 0.3) is 0 Å². The molecular formula is C16H20N2O4S. The summed E-state index contributed by atoms with van der Waals surface area (Å²) in [6.45, 7) is 5.19. The fraction of sp³-hybridized carbons (Fsp3) is 0.438. The summed E-state index contributed by atoms with van der Waals surface area (Å²) in [5, 5.41) is 19.9. The van der Waals surface area contributed by atoms with Gasteiger partial charge in [-0.25, -0.2) is 4.79 Å². The molecule has 1 rings (SSSR count). The summed E-state index contributed by atoms with van der Waals surface area (Å²) in [6.07, 6.45) is -0.900. The molecule has 0 spiro atoms. The number of carbonyl (C=O) groups is 2. The maximum Gasteiger partial charge on any atom is 0.408 e. The lowest BCUT2D eigenvalue weighted by molar-refractivity contribution is -0.137. The van der Waals surface area contributed by atoms with Crippen molar-refractivity contribution in [2.45, 2.75) is 43.9 Å². The zero-order valence-corrected chi connectivity index (χ0v) is 14.1. The molecule has 2 N–H and O–H groups in total. The Labute approximate surface area is 139 Å². The Kier molecular flexibility index (Phi) is 6.91. The van der Waals surface area contributed by atoms with Crippen LogP contribution >= 0.6 is 11.8 Å². The van der Waals surface area contributed by atoms with E-state index in [4.69, 9.17) is 15.1 Å². The Bertz CT molecular complexity index is 605. The fourth-order valence-corrected chi connectivity index (χ4v) is 2.77. The molecule has 0 aromatic heterocycles. The number of nitrogens with one attached hydrogen (secondary N) is 1. The number of nitrogens with zero attached hydrogens (tertiary/aromatic N) is 1. The highest BCUT2D eigenvalue weighted by Gasteiger charge is 2.21. The highest BCUT2D eigenvalue weighted by atomic mass is 32.2. The molecule has 6 nitrogen and oxygen atoms in total. The van der Waals surface area contributed by atoms with Gasteiger partial charge in [0.2, 0.25) is 0 Å². The number of hydrogen-bond acceptors (Lipinski definition) is 5. The summed E-state index contributed by atoms with van der Waals surface area (Å²) >= 11 is 1.24. The number of carboxylic acids is 1. The maximum atomic E-state index is 11.8. The molecule has 0 aliphatic carbocycles. The lowest BCUT2D eigenvalue weighted by Gasteiger charge is -2.22. The van der Waals surface area contributed by atoms with Crippen LogP contribution in [0.15, 0.2) is 24.3 Å². The molecular weight excluding hydrogens is 316 g/mol. The zero-order valence-electron chi connectivity index (χ0n) is 13.3. The van der Waals surface area contributed by atoms with Gasteiger partial charge in [0, 0.05) is 5.75 Å². The Hall–Kier alpha value is -2.20. The monoisotopic (exact) mass is 336 g/mol. The van der Waals surface area contributed by atoms with Gasteiger partial charge in [-0.05, 0) is 32.4 Å². The van der Waals surface area contributed by atoms with Crippen molar-refractivity contribution >= 4 is 23.8 Å². The summed E-state index contributed by atoms with van der Waals surface area (Å²) in [7, 11) is 0. The lowest BCUT2D eigenvalue weighted by Crippen LogP contribution is -2.38. The highest BCUT2D eigenvalue weighted by molar-refractivity contribution is 7.99. The molecule has 0 saturated carbocycles. The lowest BCUT2D eigenvalue weighted by atomic mass is 10.1. The standard InChI is InChI=1S/C16H20N2O4S/c1-16(2,3)22-15(21)18-13(8-14(19)20)23-10-12-7-5-4-6-11(12)9-17/h4-7,13H,8,10H2,1-3H3,(H,18,21)(H,19,20). The minimum absolute atomic E-state index is 0.237. The summed E-state index contributed by atoms with van der Waals surface area (Å²) in [5.74, 6) is -0.607. The van der Waals surface area contributed by atoms with Crippen LogP contribution in [0.1, 0.15) is 38.3 Å². The number of rotatable bonds is 6. The molecule has 1 unspecified atom stereocenters. The third-order valence-corrected chi connectivity index (χ3v) is 3.78. The minimum atomic E-state index is -1.02. The van der Waals surface area contributed by atoms with Crippen molar-refractivity contribution in [2.24, 2.45) is 0 Å². The predicted molar refractivity (Wildman–Crippen MR) is 87.9 cm³/mol. The number of nitriles is 1. The third kappa shape index (κ3) is 7.56. The molecule has 1 aromatic carbocycles. The smallest absolute Gasteiger partial charge is 0.408 e. The van der Waals surface area contributed by atoms with E-state index in [1.54, 1.807) is 39.0 Å². The van der Waals surface area contributed by atoms with E-state index in [-0.39, 0.29) is 6.42 Å². The Morgan fingerprint density at radius 2 is 2.04 bits per heavy atom. The van der Waals surface area contributed by atoms with E-state index in [1.165, 1.54) is 11.8 Å². The molecule has 0 heterocycles. The molecule has 1 atom stereocenters. The third-order valence-electron chi connectivity index (χ3n) is 2.62. The first kappa shape index (κ1) is 18.8. The summed E-state index contributed by atoms with van der Waals surface area (Å²) in [6, 6.07) is 9.16. The largest absolute Gasteiger partial charge is 0.481 e. The van der Waals surface area contributed by atoms with Gasteiger partial charge in [0.05, 0.1) is 23.4 Å². The summed E-state index contributed by atoms with van der Waals surface area (Å²) in [4.78, 5) is 22.7. The number of aliphatic carboxylic acids is 1. The summed E-state index contributed by atoms with van der Waals surface area (Å²) in [5.41, 5.74) is 0.670. The van der Waals surface area contributed by atoms with Gasteiger partial charge in [-0.1, -0.05) is 18.2 Å². The molecule has 124 valence electrons. The first-order valence-electron chi connectivity index (χ1n) is 7.02. The van der Waals surface area contributed by atoms with Crippen molar-refractivity contribution in [3.63, 3.8) is 0 Å². The van der Waals surface area contributed by atoms with Crippen LogP contribution in [0.5, 0.6) is 0 Å². The number of carbonyl (C=O) groups excluding carboxylic acids is 1. The second-order valence-electron chi connectivity index (χ2n) is 5.81. The Morgan fingerprint density at radius 3 is 2.61 bits per heavy atom. The number of carboxylic acid groups (broad SMARTS) is 1. The van der Waals surface area contributed by atoms with Crippen molar-refractivity contribution in [1.82, 2.24) is 5.32 Å². The second-order valence-corrected chi connectivity index (χ2v) is 7.00. The number of alkyl carbamates (subject to hydrolysis) is 1. The molecule has 0 bridgehead atoms. The van der Waals surface area contributed by atoms with E-state index < -0.39 is 23.0 Å². The SMILES string of the molecule is CC(C)(C)OC(=O)NC(CC(=O)O)SCc1ccccc1C#N. The van der Waals surface area contributed by atoms with Crippen LogP contribution in [-0.4, -0.2) is 28.1 Å². The molecule has 0 radical (unpaired) electrons. The molecule has 1 aromatic rings. The van der Waals surface area contributed by atoms with Crippen molar-refractivity contribution in [2.75, 3.05) is 0 Å². The molecule has 23 heavy (non-hydrogen) atoms. The van der Waals surface area contributed by atoms with Crippen LogP contribution in [-0.2, 0) is 15.3 Å². The van der Waals surface area contributed by atoms with Gasteiger partial charge in [-0.2, -0.15) is 5.26 Å². The Balaban J connectivity index is 2.70. The first-order chi connectivity index (χ1) is 10.7. The van der Waals surface area contributed by atoms with E-state index >= 15 is 0 Å². The van der Waals surface area contributed by atoms with Gasteiger partial charge < -0.3 is 15.2 Å². The molecule has 1 amide bonds. The highest BCUT2D eigenvalue weighted by Crippen LogP contribution is 2.21. The number of thioether (sulfide) groups is 1. The number of hydrogen-bond donors (Lipinski definition) is 2. The van der Waals surface area contributed by atoms with Gasteiger partial charge in [0.15, 0.2) is 0 Å². The topological polar surface area (TPSA) is 99.4 Å². The summed E-state index contributed by atoms with van der Waals surface area (Å²) < 4.78 is 5.14. The Morgan fingerprint density at radius 1 is 1.39 bits per heavy atom. The quantitative estimate of drug-likeness (QED) is 0.774. The van der Waals surface area contributed by atoms with Crippen molar-refractivity contribution in [3.8, 4) is 6.07 Å². The van der Waals surface area contributed by atoms with Gasteiger partial charge in [-0.3, -0.25) is 4.79 Å².